The van der Waals surface area contributed by atoms with Crippen LogP contribution in [0.25, 0.3) is 0 Å². The first-order valence-corrected chi connectivity index (χ1v) is 7.74. The van der Waals surface area contributed by atoms with Gasteiger partial charge in [-0.25, -0.2) is 4.79 Å². The lowest BCUT2D eigenvalue weighted by atomic mass is 10.1. The van der Waals surface area contributed by atoms with Gasteiger partial charge in [-0.05, 0) is 42.5 Å². The van der Waals surface area contributed by atoms with Gasteiger partial charge in [0.2, 0.25) is 0 Å². The molecule has 1 aromatic heterocycles. The van der Waals surface area contributed by atoms with Crippen molar-refractivity contribution in [3.8, 4) is 5.75 Å². The Morgan fingerprint density at radius 3 is 2.33 bits per heavy atom. The van der Waals surface area contributed by atoms with Gasteiger partial charge >= 0.3 is 5.97 Å². The number of hydrogen-bond acceptors (Lipinski definition) is 5. The molecule has 0 aliphatic carbocycles. The largest absolute Gasteiger partial charge is 0.872 e. The summed E-state index contributed by atoms with van der Waals surface area (Å²) in [5.74, 6) is -2.89. The standard InChI is InChI=1S/C19H14N2O6/c22-15-7-6-13(10-14(15)19(25)26)20-17(23)11-3-1-4-12(9-11)21-18(24)16-5-2-8-27-16/h1-10,22H,(H,20,23)(H,21,24)(H,25,26)/p-1. The summed E-state index contributed by atoms with van der Waals surface area (Å²) in [6, 6.07) is 12.7. The first kappa shape index (κ1) is 17.7. The SMILES string of the molecule is O=C(Nc1ccc([O-])c(C(=O)O)c1)c1cccc(NC(=O)c2ccco2)c1. The molecule has 3 N–H and O–H groups in total. The number of furan rings is 1. The highest BCUT2D eigenvalue weighted by molar-refractivity contribution is 6.07. The number of aromatic carboxylic acids is 1. The van der Waals surface area contributed by atoms with Crippen LogP contribution < -0.4 is 15.7 Å². The van der Waals surface area contributed by atoms with Crippen molar-refractivity contribution < 1.29 is 29.0 Å². The highest BCUT2D eigenvalue weighted by atomic mass is 16.4. The maximum atomic E-state index is 12.4. The fourth-order valence-electron chi connectivity index (χ4n) is 2.32. The smallest absolute Gasteiger partial charge is 0.335 e. The molecule has 0 saturated heterocycles. The first-order valence-electron chi connectivity index (χ1n) is 7.74. The van der Waals surface area contributed by atoms with E-state index in [1.54, 1.807) is 18.2 Å². The monoisotopic (exact) mass is 365 g/mol. The minimum Gasteiger partial charge on any atom is -0.872 e. The van der Waals surface area contributed by atoms with Gasteiger partial charge in [-0.2, -0.15) is 0 Å². The highest BCUT2D eigenvalue weighted by Crippen LogP contribution is 2.20. The molecule has 0 aliphatic rings. The molecule has 0 saturated carbocycles. The maximum Gasteiger partial charge on any atom is 0.335 e. The second-order valence-corrected chi connectivity index (χ2v) is 5.48. The van der Waals surface area contributed by atoms with E-state index in [0.717, 1.165) is 12.1 Å². The molecular formula is C19H13N2O6-. The summed E-state index contributed by atoms with van der Waals surface area (Å²) in [6.07, 6.45) is 1.37. The van der Waals surface area contributed by atoms with Crippen molar-refractivity contribution in [2.75, 3.05) is 10.6 Å². The van der Waals surface area contributed by atoms with Crippen molar-refractivity contribution >= 4 is 29.2 Å². The molecule has 27 heavy (non-hydrogen) atoms. The molecule has 0 fully saturated rings. The zero-order valence-electron chi connectivity index (χ0n) is 13.8. The van der Waals surface area contributed by atoms with Gasteiger partial charge in [0.25, 0.3) is 11.8 Å². The van der Waals surface area contributed by atoms with Gasteiger partial charge in [0.1, 0.15) is 0 Å². The van der Waals surface area contributed by atoms with Crippen molar-refractivity contribution in [1.29, 1.82) is 0 Å². The van der Waals surface area contributed by atoms with Crippen molar-refractivity contribution in [3.63, 3.8) is 0 Å². The van der Waals surface area contributed by atoms with Crippen molar-refractivity contribution in [3.05, 3.63) is 77.7 Å². The molecule has 2 aromatic carbocycles. The van der Waals surface area contributed by atoms with E-state index in [-0.39, 0.29) is 17.0 Å². The average Bonchev–Trinajstić information content (AvgIpc) is 3.18. The molecular weight excluding hydrogens is 352 g/mol. The summed E-state index contributed by atoms with van der Waals surface area (Å²) >= 11 is 0. The Labute approximate surface area is 153 Å². The number of carboxylic acid groups (broad SMARTS) is 1. The van der Waals surface area contributed by atoms with Crippen LogP contribution in [0.5, 0.6) is 5.75 Å². The van der Waals surface area contributed by atoms with Crippen LogP contribution in [-0.2, 0) is 0 Å². The number of rotatable bonds is 5. The number of hydrogen-bond donors (Lipinski definition) is 3. The van der Waals surface area contributed by atoms with E-state index in [1.165, 1.54) is 30.5 Å². The quantitative estimate of drug-likeness (QED) is 0.637. The number of nitrogens with one attached hydrogen (secondary N) is 2. The third-order valence-electron chi connectivity index (χ3n) is 3.60. The molecule has 136 valence electrons. The second-order valence-electron chi connectivity index (χ2n) is 5.48. The van der Waals surface area contributed by atoms with Gasteiger partial charge in [-0.3, -0.25) is 9.59 Å². The molecule has 0 aliphatic heterocycles. The van der Waals surface area contributed by atoms with Crippen LogP contribution in [0.15, 0.2) is 65.3 Å². The van der Waals surface area contributed by atoms with E-state index in [2.05, 4.69) is 10.6 Å². The van der Waals surface area contributed by atoms with Crippen LogP contribution in [0.4, 0.5) is 11.4 Å². The van der Waals surface area contributed by atoms with Gasteiger partial charge in [0.15, 0.2) is 5.76 Å². The third kappa shape index (κ3) is 4.13. The molecule has 0 bridgehead atoms. The average molecular weight is 365 g/mol. The van der Waals surface area contributed by atoms with Crippen LogP contribution in [0.2, 0.25) is 0 Å². The van der Waals surface area contributed by atoms with Gasteiger partial charge in [-0.1, -0.05) is 17.9 Å². The number of benzene rings is 2. The van der Waals surface area contributed by atoms with E-state index in [4.69, 9.17) is 9.52 Å². The molecule has 0 radical (unpaired) electrons. The normalized spacial score (nSPS) is 10.2. The van der Waals surface area contributed by atoms with Gasteiger partial charge in [0.05, 0.1) is 11.8 Å². The van der Waals surface area contributed by atoms with E-state index in [0.29, 0.717) is 5.69 Å². The van der Waals surface area contributed by atoms with Gasteiger partial charge in [-0.15, -0.1) is 0 Å². The van der Waals surface area contributed by atoms with Crippen LogP contribution in [-0.4, -0.2) is 22.9 Å². The third-order valence-corrected chi connectivity index (χ3v) is 3.60. The summed E-state index contributed by atoms with van der Waals surface area (Å²) < 4.78 is 5.00. The molecule has 2 amide bonds. The number of carboxylic acids is 1. The Kier molecular flexibility index (Phi) is 4.89. The molecule has 8 heteroatoms. The number of carbonyl (C=O) groups is 3. The number of amides is 2. The Morgan fingerprint density at radius 1 is 0.889 bits per heavy atom. The molecule has 8 nitrogen and oxygen atoms in total. The Hall–Kier alpha value is -4.07. The second kappa shape index (κ2) is 7.44. The lowest BCUT2D eigenvalue weighted by molar-refractivity contribution is -0.268. The zero-order valence-corrected chi connectivity index (χ0v) is 13.8. The summed E-state index contributed by atoms with van der Waals surface area (Å²) in [7, 11) is 0. The topological polar surface area (TPSA) is 132 Å². The minimum atomic E-state index is -1.38. The summed E-state index contributed by atoms with van der Waals surface area (Å²) in [4.78, 5) is 35.4. The molecule has 3 rings (SSSR count). The van der Waals surface area contributed by atoms with Crippen molar-refractivity contribution in [2.24, 2.45) is 0 Å². The molecule has 1 heterocycles. The Balaban J connectivity index is 1.75. The Bertz CT molecular complexity index is 1010. The zero-order chi connectivity index (χ0) is 19.4. The van der Waals surface area contributed by atoms with Crippen LogP contribution in [0.1, 0.15) is 31.3 Å². The summed E-state index contributed by atoms with van der Waals surface area (Å²) in [5, 5.41) is 25.6. The van der Waals surface area contributed by atoms with Crippen LogP contribution in [0.3, 0.4) is 0 Å². The van der Waals surface area contributed by atoms with Gasteiger partial charge in [0, 0.05) is 16.9 Å². The molecule has 0 atom stereocenters. The lowest BCUT2D eigenvalue weighted by Crippen LogP contribution is -2.15. The lowest BCUT2D eigenvalue weighted by Gasteiger charge is -2.13. The van der Waals surface area contributed by atoms with Crippen molar-refractivity contribution in [1.82, 2.24) is 0 Å². The van der Waals surface area contributed by atoms with E-state index < -0.39 is 29.1 Å². The number of anilines is 2. The van der Waals surface area contributed by atoms with E-state index >= 15 is 0 Å². The minimum absolute atomic E-state index is 0.128. The van der Waals surface area contributed by atoms with Crippen LogP contribution in [0, 0.1) is 0 Å². The van der Waals surface area contributed by atoms with Gasteiger partial charge < -0.3 is 25.3 Å². The number of carbonyl (C=O) groups excluding carboxylic acids is 2. The van der Waals surface area contributed by atoms with E-state index in [1.807, 2.05) is 0 Å². The molecule has 0 unspecified atom stereocenters. The summed E-state index contributed by atoms with van der Waals surface area (Å²) in [6.45, 7) is 0. The Morgan fingerprint density at radius 2 is 1.63 bits per heavy atom. The fourth-order valence-corrected chi connectivity index (χ4v) is 2.32. The van der Waals surface area contributed by atoms with E-state index in [9.17, 15) is 19.5 Å². The van der Waals surface area contributed by atoms with Crippen molar-refractivity contribution in [2.45, 2.75) is 0 Å². The maximum absolute atomic E-state index is 12.4. The fraction of sp³-hybridized carbons (Fsp3) is 0. The molecule has 0 spiro atoms. The first-order chi connectivity index (χ1) is 12.9. The summed E-state index contributed by atoms with van der Waals surface area (Å²) in [5.41, 5.74) is 0.342. The predicted molar refractivity (Wildman–Crippen MR) is 93.9 cm³/mol. The predicted octanol–water partition coefficient (Wildman–Crippen LogP) is 2.56. The molecule has 3 aromatic rings. The van der Waals surface area contributed by atoms with Crippen LogP contribution >= 0.6 is 0 Å². The highest BCUT2D eigenvalue weighted by Gasteiger charge is 2.12.